The molecule has 4 amide bonds. The molecular formula is C41H53N7O5S2. The lowest BCUT2D eigenvalue weighted by atomic mass is 9.95. The maximum absolute atomic E-state index is 14.5. The Labute approximate surface area is 332 Å². The average Bonchev–Trinajstić information content (AvgIpc) is 3.99. The summed E-state index contributed by atoms with van der Waals surface area (Å²) in [5, 5.41) is 9.53. The number of hydrogen-bond donors (Lipinski definition) is 2. The third-order valence-electron chi connectivity index (χ3n) is 10.2. The molecule has 2 aliphatic heterocycles. The molecule has 12 nitrogen and oxygen atoms in total. The van der Waals surface area contributed by atoms with E-state index in [1.54, 1.807) is 39.9 Å². The molecular weight excluding hydrogens is 735 g/mol. The molecule has 55 heavy (non-hydrogen) atoms. The molecule has 0 bridgehead atoms. The van der Waals surface area contributed by atoms with E-state index in [9.17, 15) is 14.4 Å². The van der Waals surface area contributed by atoms with Crippen molar-refractivity contribution in [1.29, 1.82) is 0 Å². The van der Waals surface area contributed by atoms with Crippen molar-refractivity contribution in [1.82, 2.24) is 35.3 Å². The number of thiazole rings is 2. The summed E-state index contributed by atoms with van der Waals surface area (Å²) in [6, 6.07) is 18.9. The van der Waals surface area contributed by atoms with E-state index in [1.165, 1.54) is 11.3 Å². The number of urea groups is 1. The van der Waals surface area contributed by atoms with Crippen LogP contribution in [0.5, 0.6) is 0 Å². The summed E-state index contributed by atoms with van der Waals surface area (Å²) in [6.45, 7) is 8.03. The minimum absolute atomic E-state index is 0.0480. The van der Waals surface area contributed by atoms with E-state index in [-0.39, 0.29) is 36.7 Å². The fourth-order valence-electron chi connectivity index (χ4n) is 7.28. The molecule has 4 aromatic rings. The number of morpholine rings is 1. The van der Waals surface area contributed by atoms with E-state index < -0.39 is 12.1 Å². The number of ether oxygens (including phenoxy) is 2. The highest BCUT2D eigenvalue weighted by atomic mass is 32.1. The lowest BCUT2D eigenvalue weighted by molar-refractivity contribution is -0.125. The van der Waals surface area contributed by atoms with Crippen molar-refractivity contribution in [2.75, 3.05) is 39.9 Å². The highest BCUT2D eigenvalue weighted by molar-refractivity contribution is 7.09. The number of aromatic nitrogens is 2. The predicted octanol–water partition coefficient (Wildman–Crippen LogP) is 6.10. The summed E-state index contributed by atoms with van der Waals surface area (Å²) in [4.78, 5) is 57.1. The topological polar surface area (TPSA) is 129 Å². The van der Waals surface area contributed by atoms with Gasteiger partial charge in [-0.15, -0.1) is 22.7 Å². The number of amides is 4. The first kappa shape index (κ1) is 40.3. The number of carbonyl (C=O) groups excluding carboxylic acids is 3. The first-order valence-electron chi connectivity index (χ1n) is 19.2. The molecule has 6 rings (SSSR count). The van der Waals surface area contributed by atoms with Crippen molar-refractivity contribution >= 4 is 40.7 Å². The minimum Gasteiger partial charge on any atom is -0.444 e. The third kappa shape index (κ3) is 11.8. The Hall–Kier alpha value is -4.37. The monoisotopic (exact) mass is 787 g/mol. The van der Waals surface area contributed by atoms with Crippen LogP contribution in [0.25, 0.3) is 0 Å². The Kier molecular flexibility index (Phi) is 14.6. The quantitative estimate of drug-likeness (QED) is 0.140. The Morgan fingerprint density at radius 1 is 0.945 bits per heavy atom. The van der Waals surface area contributed by atoms with Crippen LogP contribution in [0.3, 0.4) is 0 Å². The summed E-state index contributed by atoms with van der Waals surface area (Å²) in [7, 11) is 1.79. The molecule has 0 unspecified atom stereocenters. The molecule has 2 fully saturated rings. The van der Waals surface area contributed by atoms with Crippen LogP contribution in [0, 0.1) is 0 Å². The van der Waals surface area contributed by atoms with Crippen molar-refractivity contribution in [3.63, 3.8) is 0 Å². The lowest BCUT2D eigenvalue weighted by Gasteiger charge is -2.32. The van der Waals surface area contributed by atoms with E-state index >= 15 is 0 Å². The summed E-state index contributed by atoms with van der Waals surface area (Å²) < 4.78 is 11.2. The first-order chi connectivity index (χ1) is 26.7. The van der Waals surface area contributed by atoms with Crippen LogP contribution >= 0.6 is 22.7 Å². The van der Waals surface area contributed by atoms with Crippen LogP contribution in [-0.2, 0) is 40.3 Å². The standard InChI is InChI=1S/C41H53N7O5S2/c1-29(2)39-44-34(27-54-39)24-46(3)41(51)48-25-35(47-16-18-52-19-17-47)22-37(48)38(49)43-32(20-30-10-6-4-7-11-30)14-15-33(21-31-12-8-5-9-13-31)45-40(50)53-26-36-23-42-28-55-36/h4-13,23,27-29,32-33,35,37H,14-22,24-26H2,1-3H3,(H,43,49)(H,45,50)/t32-,33-,35-,37+/m1/s1. The second-order valence-electron chi connectivity index (χ2n) is 14.7. The molecule has 2 aliphatic rings. The number of hydrogen-bond acceptors (Lipinski definition) is 10. The smallest absolute Gasteiger partial charge is 0.407 e. The number of nitrogens with zero attached hydrogens (tertiary/aromatic N) is 5. The second-order valence-corrected chi connectivity index (χ2v) is 16.6. The molecule has 14 heteroatoms. The van der Waals surface area contributed by atoms with Crippen molar-refractivity contribution in [2.45, 2.75) is 89.2 Å². The molecule has 2 aromatic carbocycles. The Balaban J connectivity index is 1.17. The fraction of sp³-hybridized carbons (Fsp3) is 0.488. The van der Waals surface area contributed by atoms with Gasteiger partial charge in [-0.3, -0.25) is 14.7 Å². The van der Waals surface area contributed by atoms with Gasteiger partial charge in [0.2, 0.25) is 5.91 Å². The first-order valence-corrected chi connectivity index (χ1v) is 20.9. The number of likely N-dealkylation sites (tertiary alicyclic amines) is 1. The lowest BCUT2D eigenvalue weighted by Crippen LogP contribution is -2.52. The number of rotatable bonds is 16. The summed E-state index contributed by atoms with van der Waals surface area (Å²) in [5.41, 5.74) is 4.75. The zero-order valence-corrected chi connectivity index (χ0v) is 33.6. The molecule has 294 valence electrons. The fourth-order valence-corrected chi connectivity index (χ4v) is 8.61. The van der Waals surface area contributed by atoms with Crippen LogP contribution in [0.1, 0.15) is 65.7 Å². The van der Waals surface area contributed by atoms with Gasteiger partial charge in [-0.25, -0.2) is 14.6 Å². The van der Waals surface area contributed by atoms with Gasteiger partial charge < -0.3 is 29.9 Å². The van der Waals surface area contributed by atoms with E-state index in [1.807, 2.05) is 53.9 Å². The molecule has 2 saturated heterocycles. The Morgan fingerprint density at radius 3 is 2.20 bits per heavy atom. The highest BCUT2D eigenvalue weighted by Gasteiger charge is 2.43. The van der Waals surface area contributed by atoms with Crippen molar-refractivity contribution in [3.05, 3.63) is 104 Å². The largest absolute Gasteiger partial charge is 0.444 e. The average molecular weight is 788 g/mol. The molecule has 0 radical (unpaired) electrons. The predicted molar refractivity (Wildman–Crippen MR) is 215 cm³/mol. The van der Waals surface area contributed by atoms with Gasteiger partial charge in [0.15, 0.2) is 0 Å². The van der Waals surface area contributed by atoms with Gasteiger partial charge in [-0.1, -0.05) is 74.5 Å². The summed E-state index contributed by atoms with van der Waals surface area (Å²) in [5.74, 6) is 0.155. The van der Waals surface area contributed by atoms with Crippen molar-refractivity contribution < 1.29 is 23.9 Å². The second kappa shape index (κ2) is 20.0. The maximum Gasteiger partial charge on any atom is 0.407 e. The van der Waals surface area contributed by atoms with Crippen molar-refractivity contribution in [3.8, 4) is 0 Å². The van der Waals surface area contributed by atoms with Crippen molar-refractivity contribution in [2.24, 2.45) is 0 Å². The van der Waals surface area contributed by atoms with Crippen LogP contribution in [-0.4, -0.2) is 107 Å². The van der Waals surface area contributed by atoms with E-state index in [0.29, 0.717) is 64.3 Å². The molecule has 2 N–H and O–H groups in total. The molecule has 4 heterocycles. The minimum atomic E-state index is -0.636. The number of carbonyl (C=O) groups is 3. The number of nitrogens with one attached hydrogen (secondary N) is 2. The van der Waals surface area contributed by atoms with Gasteiger partial charge >= 0.3 is 12.1 Å². The number of benzene rings is 2. The molecule has 4 atom stereocenters. The molecule has 2 aromatic heterocycles. The van der Waals surface area contributed by atoms with Gasteiger partial charge in [0.25, 0.3) is 0 Å². The van der Waals surface area contributed by atoms with Gasteiger partial charge in [0.1, 0.15) is 12.6 Å². The van der Waals surface area contributed by atoms with E-state index in [4.69, 9.17) is 14.5 Å². The Morgan fingerprint density at radius 2 is 1.60 bits per heavy atom. The van der Waals surface area contributed by atoms with E-state index in [0.717, 1.165) is 39.8 Å². The van der Waals surface area contributed by atoms with Gasteiger partial charge in [0, 0.05) is 62.3 Å². The highest BCUT2D eigenvalue weighted by Crippen LogP contribution is 2.27. The zero-order valence-electron chi connectivity index (χ0n) is 32.0. The normalized spacial score (nSPS) is 18.5. The molecule has 0 aliphatic carbocycles. The van der Waals surface area contributed by atoms with Crippen LogP contribution in [0.15, 0.2) is 77.8 Å². The van der Waals surface area contributed by atoms with Crippen LogP contribution in [0.2, 0.25) is 0 Å². The molecule has 0 spiro atoms. The number of alkyl carbamates (subject to hydrolysis) is 1. The van der Waals surface area contributed by atoms with Crippen LogP contribution in [0.4, 0.5) is 9.59 Å². The SMILES string of the molecule is CC(C)c1nc(CN(C)C(=O)N2C[C@H](N3CCOCC3)C[C@H]2C(=O)N[C@H](CC[C@H](Cc2ccccc2)NC(=O)OCc2cncs2)Cc2ccccc2)cs1. The van der Waals surface area contributed by atoms with E-state index in [2.05, 4.69) is 46.5 Å². The summed E-state index contributed by atoms with van der Waals surface area (Å²) >= 11 is 3.05. The summed E-state index contributed by atoms with van der Waals surface area (Å²) in [6.07, 6.45) is 4.16. The zero-order chi connectivity index (χ0) is 38.6. The molecule has 0 saturated carbocycles. The maximum atomic E-state index is 14.5. The van der Waals surface area contributed by atoms with Gasteiger partial charge in [-0.2, -0.15) is 0 Å². The third-order valence-corrected chi connectivity index (χ3v) is 12.1. The van der Waals surface area contributed by atoms with Gasteiger partial charge in [0.05, 0.1) is 40.8 Å². The van der Waals surface area contributed by atoms with Crippen LogP contribution < -0.4 is 10.6 Å². The van der Waals surface area contributed by atoms with Gasteiger partial charge in [-0.05, 0) is 43.2 Å². The Bertz CT molecular complexity index is 1790.